The van der Waals surface area contributed by atoms with E-state index >= 15 is 0 Å². The molecular formula is C20H25N3O4. The van der Waals surface area contributed by atoms with Gasteiger partial charge in [-0.1, -0.05) is 12.1 Å². The first-order valence-corrected chi connectivity index (χ1v) is 8.66. The molecule has 0 saturated heterocycles. The molecule has 0 radical (unpaired) electrons. The molecule has 0 atom stereocenters. The quantitative estimate of drug-likeness (QED) is 0.727. The summed E-state index contributed by atoms with van der Waals surface area (Å²) in [7, 11) is 3.12. The van der Waals surface area contributed by atoms with Gasteiger partial charge in [-0.2, -0.15) is 0 Å². The summed E-state index contributed by atoms with van der Waals surface area (Å²) in [5.41, 5.74) is 1.63. The second kappa shape index (κ2) is 10.2. The van der Waals surface area contributed by atoms with E-state index in [9.17, 15) is 9.59 Å². The van der Waals surface area contributed by atoms with Crippen molar-refractivity contribution in [1.82, 2.24) is 15.2 Å². The summed E-state index contributed by atoms with van der Waals surface area (Å²) < 4.78 is 10.4. The minimum atomic E-state index is -0.122. The second-order valence-electron chi connectivity index (χ2n) is 5.98. The summed E-state index contributed by atoms with van der Waals surface area (Å²) in [5, 5.41) is 2.84. The van der Waals surface area contributed by atoms with E-state index in [1.54, 1.807) is 37.4 Å². The number of hydrogen-bond donors (Lipinski definition) is 1. The minimum absolute atomic E-state index is 0.0604. The minimum Gasteiger partial charge on any atom is -0.493 e. The average Bonchev–Trinajstić information content (AvgIpc) is 2.67. The number of nitrogens with one attached hydrogen (secondary N) is 1. The summed E-state index contributed by atoms with van der Waals surface area (Å²) in [5.74, 6) is 1.02. The number of aromatic nitrogens is 1. The topological polar surface area (TPSA) is 80.8 Å². The van der Waals surface area contributed by atoms with Crippen LogP contribution in [0.15, 0.2) is 42.6 Å². The van der Waals surface area contributed by atoms with Gasteiger partial charge in [-0.3, -0.25) is 14.6 Å². The van der Waals surface area contributed by atoms with Crippen molar-refractivity contribution in [1.29, 1.82) is 0 Å². The van der Waals surface area contributed by atoms with Gasteiger partial charge in [0, 0.05) is 26.2 Å². The van der Waals surface area contributed by atoms with Crippen molar-refractivity contribution in [2.45, 2.75) is 19.9 Å². The Bertz CT molecular complexity index is 765. The predicted molar refractivity (Wildman–Crippen MR) is 102 cm³/mol. The zero-order valence-corrected chi connectivity index (χ0v) is 15.9. The highest BCUT2D eigenvalue weighted by atomic mass is 16.5. The number of hydrogen-bond acceptors (Lipinski definition) is 5. The fourth-order valence-electron chi connectivity index (χ4n) is 2.60. The van der Waals surface area contributed by atoms with Gasteiger partial charge in [0.15, 0.2) is 11.5 Å². The molecule has 7 nitrogen and oxygen atoms in total. The smallest absolute Gasteiger partial charge is 0.224 e. The van der Waals surface area contributed by atoms with Crippen molar-refractivity contribution in [2.75, 3.05) is 27.3 Å². The maximum atomic E-state index is 12.2. The fraction of sp³-hybridized carbons (Fsp3) is 0.350. The lowest BCUT2D eigenvalue weighted by Crippen LogP contribution is -2.37. The Morgan fingerprint density at radius 1 is 1.11 bits per heavy atom. The molecule has 0 aliphatic rings. The number of carbonyl (C=O) groups excluding carboxylic acids is 2. The van der Waals surface area contributed by atoms with E-state index in [1.165, 1.54) is 6.92 Å². The van der Waals surface area contributed by atoms with Crippen LogP contribution in [0.25, 0.3) is 0 Å². The molecule has 0 aliphatic heterocycles. The average molecular weight is 371 g/mol. The molecule has 1 heterocycles. The van der Waals surface area contributed by atoms with E-state index in [4.69, 9.17) is 9.47 Å². The third-order valence-corrected chi connectivity index (χ3v) is 4.04. The lowest BCUT2D eigenvalue weighted by atomic mass is 10.1. The van der Waals surface area contributed by atoms with Crippen molar-refractivity contribution < 1.29 is 19.1 Å². The van der Waals surface area contributed by atoms with Gasteiger partial charge in [0.2, 0.25) is 11.8 Å². The van der Waals surface area contributed by atoms with Crippen LogP contribution in [0.1, 0.15) is 18.2 Å². The Kier molecular flexibility index (Phi) is 7.61. The van der Waals surface area contributed by atoms with Crippen molar-refractivity contribution in [3.8, 4) is 11.5 Å². The van der Waals surface area contributed by atoms with E-state index < -0.39 is 0 Å². The first kappa shape index (κ1) is 20.2. The summed E-state index contributed by atoms with van der Waals surface area (Å²) >= 11 is 0. The maximum Gasteiger partial charge on any atom is 0.224 e. The van der Waals surface area contributed by atoms with Crippen LogP contribution in [-0.4, -0.2) is 49.0 Å². The molecule has 0 aliphatic carbocycles. The van der Waals surface area contributed by atoms with Crippen LogP contribution in [0.5, 0.6) is 11.5 Å². The van der Waals surface area contributed by atoms with E-state index in [1.807, 2.05) is 24.3 Å². The first-order valence-electron chi connectivity index (χ1n) is 8.66. The highest BCUT2D eigenvalue weighted by Gasteiger charge is 2.12. The maximum absolute atomic E-state index is 12.2. The summed E-state index contributed by atoms with van der Waals surface area (Å²) in [6.07, 6.45) is 1.92. The number of nitrogens with zero attached hydrogens (tertiary/aromatic N) is 2. The standard InChI is InChI=1S/C20H25N3O4/c1-15(24)23(14-17-6-4-5-9-21-17)11-10-22-20(25)13-16-7-8-18(26-2)19(12-16)27-3/h4-9,12H,10-11,13-14H2,1-3H3,(H,22,25). The lowest BCUT2D eigenvalue weighted by Gasteiger charge is -2.20. The Balaban J connectivity index is 1.84. The van der Waals surface area contributed by atoms with Gasteiger partial charge in [0.05, 0.1) is 32.9 Å². The predicted octanol–water partition coefficient (Wildman–Crippen LogP) is 1.81. The molecule has 2 amide bonds. The van der Waals surface area contributed by atoms with Crippen molar-refractivity contribution in [3.63, 3.8) is 0 Å². The number of amides is 2. The Labute approximate surface area is 159 Å². The normalized spacial score (nSPS) is 10.2. The van der Waals surface area contributed by atoms with Gasteiger partial charge in [-0.05, 0) is 29.8 Å². The van der Waals surface area contributed by atoms with Crippen LogP contribution in [0, 0.1) is 0 Å². The Morgan fingerprint density at radius 2 is 1.89 bits per heavy atom. The highest BCUT2D eigenvalue weighted by molar-refractivity contribution is 5.79. The number of carbonyl (C=O) groups is 2. The van der Waals surface area contributed by atoms with E-state index in [0.29, 0.717) is 31.1 Å². The summed E-state index contributed by atoms with van der Waals surface area (Å²) in [4.78, 5) is 29.9. The van der Waals surface area contributed by atoms with E-state index in [2.05, 4.69) is 10.3 Å². The fourth-order valence-corrected chi connectivity index (χ4v) is 2.60. The molecule has 0 spiro atoms. The Morgan fingerprint density at radius 3 is 2.52 bits per heavy atom. The monoisotopic (exact) mass is 371 g/mol. The largest absolute Gasteiger partial charge is 0.493 e. The molecule has 0 saturated carbocycles. The molecule has 1 aromatic carbocycles. The van der Waals surface area contributed by atoms with Crippen molar-refractivity contribution in [3.05, 3.63) is 53.9 Å². The summed E-state index contributed by atoms with van der Waals surface area (Å²) in [6, 6.07) is 10.9. The number of pyridine rings is 1. The van der Waals surface area contributed by atoms with Crippen LogP contribution in [0.3, 0.4) is 0 Å². The van der Waals surface area contributed by atoms with Crippen LogP contribution < -0.4 is 14.8 Å². The van der Waals surface area contributed by atoms with Gasteiger partial charge in [-0.25, -0.2) is 0 Å². The Hall–Kier alpha value is -3.09. The third-order valence-electron chi connectivity index (χ3n) is 4.04. The molecule has 0 unspecified atom stereocenters. The van der Waals surface area contributed by atoms with Crippen LogP contribution >= 0.6 is 0 Å². The number of ether oxygens (including phenoxy) is 2. The van der Waals surface area contributed by atoms with E-state index in [0.717, 1.165) is 11.3 Å². The van der Waals surface area contributed by atoms with Crippen molar-refractivity contribution in [2.24, 2.45) is 0 Å². The zero-order valence-electron chi connectivity index (χ0n) is 15.9. The van der Waals surface area contributed by atoms with Gasteiger partial charge in [0.1, 0.15) is 0 Å². The molecule has 0 bridgehead atoms. The SMILES string of the molecule is COc1ccc(CC(=O)NCCN(Cc2ccccn2)C(C)=O)cc1OC. The number of rotatable bonds is 9. The van der Waals surface area contributed by atoms with Gasteiger partial charge < -0.3 is 19.7 Å². The molecule has 2 rings (SSSR count). The molecule has 27 heavy (non-hydrogen) atoms. The van der Waals surface area contributed by atoms with Crippen LogP contribution in [0.2, 0.25) is 0 Å². The molecule has 0 fully saturated rings. The molecule has 1 N–H and O–H groups in total. The number of benzene rings is 1. The molecule has 2 aromatic rings. The second-order valence-corrected chi connectivity index (χ2v) is 5.98. The van der Waals surface area contributed by atoms with Gasteiger partial charge in [0.25, 0.3) is 0 Å². The first-order chi connectivity index (χ1) is 13.0. The molecular weight excluding hydrogens is 346 g/mol. The van der Waals surface area contributed by atoms with Gasteiger partial charge in [-0.15, -0.1) is 0 Å². The third kappa shape index (κ3) is 6.29. The summed E-state index contributed by atoms with van der Waals surface area (Å²) in [6.45, 7) is 2.72. The van der Waals surface area contributed by atoms with Crippen LogP contribution in [0.4, 0.5) is 0 Å². The highest BCUT2D eigenvalue weighted by Crippen LogP contribution is 2.27. The lowest BCUT2D eigenvalue weighted by molar-refractivity contribution is -0.130. The molecule has 144 valence electrons. The molecule has 7 heteroatoms. The van der Waals surface area contributed by atoms with E-state index in [-0.39, 0.29) is 18.2 Å². The van der Waals surface area contributed by atoms with Crippen molar-refractivity contribution >= 4 is 11.8 Å². The van der Waals surface area contributed by atoms with Gasteiger partial charge >= 0.3 is 0 Å². The zero-order chi connectivity index (χ0) is 19.6. The molecule has 1 aromatic heterocycles. The van der Waals surface area contributed by atoms with Crippen LogP contribution in [-0.2, 0) is 22.6 Å². The number of methoxy groups -OCH3 is 2.